The van der Waals surface area contributed by atoms with Crippen LogP contribution in [0.1, 0.15) is 32.9 Å². The number of aromatic nitrogens is 4. The molecule has 15 unspecified atom stereocenters. The fraction of sp³-hybridized carbons (Fsp3) is 0.741. The van der Waals surface area contributed by atoms with Gasteiger partial charge < -0.3 is 60.2 Å². The quantitative estimate of drug-likeness (QED) is 0.0668. The molecule has 3 amide bonds. The number of amides is 3. The van der Waals surface area contributed by atoms with E-state index in [1.807, 2.05) is 6.92 Å². The van der Waals surface area contributed by atoms with Crippen molar-refractivity contribution in [1.29, 1.82) is 0 Å². The number of rotatable bonds is 13. The van der Waals surface area contributed by atoms with Crippen molar-refractivity contribution in [1.82, 2.24) is 40.4 Å². The molecule has 55 heavy (non-hydrogen) atoms. The van der Waals surface area contributed by atoms with E-state index in [0.29, 0.717) is 18.8 Å². The van der Waals surface area contributed by atoms with Crippen LogP contribution < -0.4 is 90.6 Å². The molecule has 4 fully saturated rings. The number of carbonyl (C=O) groups excluding carboxylic acids is 2. The smallest absolute Gasteiger partial charge is 0.756 e. The number of phosphoric acid groups is 2. The van der Waals surface area contributed by atoms with Crippen molar-refractivity contribution in [3.05, 3.63) is 12.7 Å². The van der Waals surface area contributed by atoms with Gasteiger partial charge in [-0.1, -0.05) is 13.8 Å². The van der Waals surface area contributed by atoms with Crippen LogP contribution in [0.15, 0.2) is 12.7 Å². The normalized spacial score (nSPS) is 34.7. The Morgan fingerprint density at radius 2 is 1.69 bits per heavy atom. The molecule has 28 heteroatoms. The molecule has 2 aromatic rings. The van der Waals surface area contributed by atoms with Gasteiger partial charge in [0.1, 0.15) is 54.6 Å². The molecule has 0 spiro atoms. The Morgan fingerprint density at radius 3 is 2.40 bits per heavy atom. The number of β-amino-alcohol motifs (C(OH)–C–C–N with tert-alkyl or cyclic N) is 1. The van der Waals surface area contributed by atoms with Crippen molar-refractivity contribution >= 4 is 44.6 Å². The van der Waals surface area contributed by atoms with Crippen LogP contribution in [0.4, 0.5) is 10.6 Å². The number of carbonyl (C=O) groups is 2. The number of aliphatic hydroxyl groups is 5. The van der Waals surface area contributed by atoms with Crippen molar-refractivity contribution < 1.29 is 131 Å². The molecule has 0 bridgehead atoms. The predicted octanol–water partition coefficient (Wildman–Crippen LogP) is -10.7. The van der Waals surface area contributed by atoms with Crippen LogP contribution in [0.2, 0.25) is 0 Å². The maximum atomic E-state index is 12.7. The van der Waals surface area contributed by atoms with Crippen LogP contribution in [0.25, 0.3) is 11.2 Å². The summed E-state index contributed by atoms with van der Waals surface area (Å²) in [5.41, 5.74) is 6.05. The molecule has 3 aliphatic heterocycles. The van der Waals surface area contributed by atoms with Gasteiger partial charge in [0, 0.05) is 18.6 Å². The first-order valence-corrected chi connectivity index (χ1v) is 19.5. The number of imide groups is 1. The second kappa shape index (κ2) is 18.7. The van der Waals surface area contributed by atoms with E-state index in [2.05, 4.69) is 51.2 Å². The number of piperazine rings is 1. The van der Waals surface area contributed by atoms with E-state index in [9.17, 15) is 54.0 Å². The first-order valence-electron chi connectivity index (χ1n) is 16.6. The maximum Gasteiger partial charge on any atom is 1.00 e. The van der Waals surface area contributed by atoms with Crippen molar-refractivity contribution in [3.63, 3.8) is 0 Å². The minimum atomic E-state index is -5.82. The fourth-order valence-electron chi connectivity index (χ4n) is 7.16. The Kier molecular flexibility index (Phi) is 15.9. The van der Waals surface area contributed by atoms with Crippen LogP contribution in [-0.2, 0) is 32.0 Å². The van der Waals surface area contributed by atoms with Crippen LogP contribution >= 0.6 is 15.6 Å². The van der Waals surface area contributed by atoms with Crippen molar-refractivity contribution in [2.75, 3.05) is 25.5 Å². The number of fused-ring (bicyclic) bond motifs is 3. The van der Waals surface area contributed by atoms with Gasteiger partial charge >= 0.3 is 65.1 Å². The number of nitrogens with one attached hydrogen (secondary N) is 3. The number of nitrogen functional groups attached to an aromatic ring is 1. The average Bonchev–Trinajstić information content (AvgIpc) is 3.63. The zero-order valence-electron chi connectivity index (χ0n) is 30.2. The molecule has 0 radical (unpaired) electrons. The summed E-state index contributed by atoms with van der Waals surface area (Å²) in [6.07, 6.45) is -9.48. The van der Waals surface area contributed by atoms with Crippen LogP contribution in [-0.4, -0.2) is 143 Å². The van der Waals surface area contributed by atoms with E-state index in [4.69, 9.17) is 10.5 Å². The third-order valence-corrected chi connectivity index (χ3v) is 12.7. The molecular formula is C27H41N9Na2O15P2. The summed E-state index contributed by atoms with van der Waals surface area (Å²) in [5.74, 6) is -0.0279. The van der Waals surface area contributed by atoms with Crippen molar-refractivity contribution in [2.24, 2.45) is 11.8 Å². The molecule has 0 aromatic carbocycles. The van der Waals surface area contributed by atoms with Gasteiger partial charge in [-0.2, -0.15) is 0 Å². The molecule has 24 nitrogen and oxygen atoms in total. The van der Waals surface area contributed by atoms with E-state index >= 15 is 0 Å². The van der Waals surface area contributed by atoms with Gasteiger partial charge in [0.05, 0.1) is 25.6 Å². The summed E-state index contributed by atoms with van der Waals surface area (Å²) in [6.45, 7) is 1.46. The van der Waals surface area contributed by atoms with Crippen LogP contribution in [0.5, 0.6) is 0 Å². The van der Waals surface area contributed by atoms with Crippen LogP contribution in [0, 0.1) is 11.8 Å². The summed E-state index contributed by atoms with van der Waals surface area (Å²) in [5, 5.41) is 61.3. The van der Waals surface area contributed by atoms with Gasteiger partial charge in [-0.25, -0.2) is 24.1 Å². The van der Waals surface area contributed by atoms with Gasteiger partial charge in [0.25, 0.3) is 15.6 Å². The molecule has 6 rings (SSSR count). The largest absolute Gasteiger partial charge is 1.00 e. The summed E-state index contributed by atoms with van der Waals surface area (Å²) < 4.78 is 44.6. The Labute approximate surface area is 357 Å². The number of hydrogen-bond donors (Lipinski definition) is 9. The molecule has 10 N–H and O–H groups in total. The van der Waals surface area contributed by atoms with Gasteiger partial charge in [-0.05, 0) is 24.7 Å². The van der Waals surface area contributed by atoms with Gasteiger partial charge in [-0.15, -0.1) is 0 Å². The molecular weight excluding hydrogens is 798 g/mol. The SMILES string of the molecule is CC1CC2NC3C(=O)NC(=O)NC3N(CC(O)C(O)C(O)COP(=O)([O-])OP(=O)([O-])OCC3OC(n4cnc5c(N)ncnc54)C(O)C3O)C2CC1C.[Na+].[Na+]. The number of nitrogens with two attached hydrogens (primary N) is 1. The third kappa shape index (κ3) is 10.3. The maximum absolute atomic E-state index is 12.7. The van der Waals surface area contributed by atoms with E-state index in [0.717, 1.165) is 6.33 Å². The first kappa shape index (κ1) is 46.9. The van der Waals surface area contributed by atoms with Gasteiger partial charge in [-0.3, -0.25) is 34.0 Å². The number of imidazole rings is 1. The predicted molar refractivity (Wildman–Crippen MR) is 171 cm³/mol. The number of hydrogen-bond acceptors (Lipinski definition) is 21. The standard InChI is InChI=1S/C27H43N9O15P2.2Na/c1-10-3-12-13(4-11(10)2)35(24-18(32-12)25(42)34-27(43)33-24)5-14(37)19(39)15(38)6-48-52(44,45)51-53(46,47)49-7-16-20(40)21(41)26(50-16)36-9-31-17-22(28)29-8-30-23(17)36;;/h8-16,18-21,24,26,32,37-41H,3-7H2,1-2H3,(H,44,45)(H,46,47)(H2,28,29,30)(H2,33,34,42,43);;/q;2*+1/p-2. The Balaban J connectivity index is 0.00000336. The molecule has 5 heterocycles. The van der Waals surface area contributed by atoms with Gasteiger partial charge in [0.2, 0.25) is 5.91 Å². The topological polar surface area (TPSA) is 361 Å². The zero-order chi connectivity index (χ0) is 38.6. The Hall–Kier alpha value is -0.770. The van der Waals surface area contributed by atoms with E-state index < -0.39 is 95.9 Å². The Morgan fingerprint density at radius 1 is 1.02 bits per heavy atom. The van der Waals surface area contributed by atoms with Crippen LogP contribution in [0.3, 0.4) is 0 Å². The minimum Gasteiger partial charge on any atom is -0.756 e. The summed E-state index contributed by atoms with van der Waals surface area (Å²) >= 11 is 0. The summed E-state index contributed by atoms with van der Waals surface area (Å²) in [6, 6.07) is -2.15. The van der Waals surface area contributed by atoms with Gasteiger partial charge in [0.15, 0.2) is 17.7 Å². The number of aliphatic hydroxyl groups excluding tert-OH is 5. The number of nitrogens with zero attached hydrogens (tertiary/aromatic N) is 5. The molecule has 1 saturated carbocycles. The molecule has 3 saturated heterocycles. The fourth-order valence-corrected chi connectivity index (χ4v) is 9.18. The molecule has 2 aromatic heterocycles. The molecule has 1 aliphatic carbocycles. The van der Waals surface area contributed by atoms with Crippen molar-refractivity contribution in [3.8, 4) is 0 Å². The minimum absolute atomic E-state index is 0. The molecule has 15 atom stereocenters. The summed E-state index contributed by atoms with van der Waals surface area (Å²) in [4.78, 5) is 63.1. The second-order valence-electron chi connectivity index (χ2n) is 13.7. The monoisotopic (exact) mass is 839 g/mol. The van der Waals surface area contributed by atoms with Crippen molar-refractivity contribution in [2.45, 2.75) is 93.8 Å². The zero-order valence-corrected chi connectivity index (χ0v) is 36.0. The first-order chi connectivity index (χ1) is 24.9. The second-order valence-corrected chi connectivity index (χ2v) is 16.6. The number of urea groups is 1. The Bertz CT molecular complexity index is 1790. The molecule has 4 aliphatic rings. The third-order valence-electron chi connectivity index (χ3n) is 10.2. The summed E-state index contributed by atoms with van der Waals surface area (Å²) in [7, 11) is -11.6. The number of phosphoric ester groups is 2. The van der Waals surface area contributed by atoms with E-state index in [-0.39, 0.29) is 101 Å². The molecule has 296 valence electrons. The average molecular weight is 840 g/mol. The van der Waals surface area contributed by atoms with E-state index in [1.54, 1.807) is 4.90 Å². The van der Waals surface area contributed by atoms with E-state index in [1.165, 1.54) is 10.9 Å². The number of anilines is 1. The number of ether oxygens (including phenoxy) is 1.